The van der Waals surface area contributed by atoms with Crippen LogP contribution < -0.4 is 5.32 Å². The number of nitrogens with zero attached hydrogens (tertiary/aromatic N) is 2. The Morgan fingerprint density at radius 2 is 2.07 bits per heavy atom. The predicted octanol–water partition coefficient (Wildman–Crippen LogP) is 1.62. The topological polar surface area (TPSA) is 47.0 Å². The van der Waals surface area contributed by atoms with E-state index in [0.29, 0.717) is 5.95 Å². The first-order valence-corrected chi connectivity index (χ1v) is 4.86. The highest BCUT2D eigenvalue weighted by Gasteiger charge is 2.01. The largest absolute Gasteiger partial charge is 0.377 e. The van der Waals surface area contributed by atoms with E-state index in [-0.39, 0.29) is 6.10 Å². The number of hydrogen-bond acceptors (Lipinski definition) is 4. The van der Waals surface area contributed by atoms with Gasteiger partial charge >= 0.3 is 0 Å². The maximum absolute atomic E-state index is 5.37. The van der Waals surface area contributed by atoms with Crippen LogP contribution in [0, 0.1) is 6.92 Å². The minimum atomic E-state index is 0.185. The molecule has 14 heavy (non-hydrogen) atoms. The normalized spacial score (nSPS) is 12.5. The summed E-state index contributed by atoms with van der Waals surface area (Å²) in [5.41, 5.74) is 1.06. The lowest BCUT2D eigenvalue weighted by molar-refractivity contribution is 0.0854. The van der Waals surface area contributed by atoms with Crippen LogP contribution in [0.2, 0.25) is 0 Å². The van der Waals surface area contributed by atoms with E-state index in [1.165, 1.54) is 0 Å². The first-order valence-electron chi connectivity index (χ1n) is 4.86. The van der Waals surface area contributed by atoms with E-state index in [4.69, 9.17) is 4.74 Å². The fourth-order valence-electron chi connectivity index (χ4n) is 1.06. The maximum atomic E-state index is 5.37. The van der Waals surface area contributed by atoms with E-state index < -0.39 is 0 Å². The molecule has 4 heteroatoms. The number of anilines is 1. The Labute approximate surface area is 84.7 Å². The van der Waals surface area contributed by atoms with Crippen molar-refractivity contribution >= 4 is 5.95 Å². The lowest BCUT2D eigenvalue weighted by Gasteiger charge is -2.12. The third kappa shape index (κ3) is 3.70. The highest BCUT2D eigenvalue weighted by atomic mass is 16.5. The first kappa shape index (κ1) is 10.9. The van der Waals surface area contributed by atoms with Crippen molar-refractivity contribution in [3.63, 3.8) is 0 Å². The van der Waals surface area contributed by atoms with Crippen LogP contribution in [0.4, 0.5) is 5.95 Å². The van der Waals surface area contributed by atoms with E-state index in [0.717, 1.165) is 18.7 Å². The van der Waals surface area contributed by atoms with Gasteiger partial charge in [-0.15, -0.1) is 0 Å². The van der Waals surface area contributed by atoms with Gasteiger partial charge in [0.1, 0.15) is 0 Å². The standard InChI is InChI=1S/C10H17N3O/c1-4-14-9(3)7-13-10-11-5-8(2)6-12-10/h5-6,9H,4,7H2,1-3H3,(H,11,12,13). The molecule has 0 fully saturated rings. The molecule has 1 aromatic rings. The smallest absolute Gasteiger partial charge is 0.222 e. The molecular formula is C10H17N3O. The molecule has 1 atom stereocenters. The summed E-state index contributed by atoms with van der Waals surface area (Å²) in [5.74, 6) is 0.655. The summed E-state index contributed by atoms with van der Waals surface area (Å²) < 4.78 is 5.37. The number of ether oxygens (including phenoxy) is 1. The summed E-state index contributed by atoms with van der Waals surface area (Å²) in [6, 6.07) is 0. The summed E-state index contributed by atoms with van der Waals surface area (Å²) in [5, 5.41) is 3.11. The molecule has 0 bridgehead atoms. The second kappa shape index (κ2) is 5.54. The zero-order chi connectivity index (χ0) is 10.4. The second-order valence-corrected chi connectivity index (χ2v) is 3.23. The van der Waals surface area contributed by atoms with Crippen LogP contribution >= 0.6 is 0 Å². The molecule has 0 aliphatic rings. The molecule has 1 N–H and O–H groups in total. The zero-order valence-corrected chi connectivity index (χ0v) is 8.95. The van der Waals surface area contributed by atoms with Crippen molar-refractivity contribution in [3.8, 4) is 0 Å². The predicted molar refractivity (Wildman–Crippen MR) is 56.3 cm³/mol. The van der Waals surface area contributed by atoms with E-state index in [2.05, 4.69) is 15.3 Å². The lowest BCUT2D eigenvalue weighted by atomic mass is 10.4. The van der Waals surface area contributed by atoms with Gasteiger partial charge in [0.15, 0.2) is 0 Å². The number of aryl methyl sites for hydroxylation is 1. The summed E-state index contributed by atoms with van der Waals surface area (Å²) in [6.07, 6.45) is 3.77. The van der Waals surface area contributed by atoms with Gasteiger partial charge < -0.3 is 10.1 Å². The molecule has 0 aliphatic carbocycles. The second-order valence-electron chi connectivity index (χ2n) is 3.23. The molecule has 1 aromatic heterocycles. The summed E-state index contributed by atoms with van der Waals surface area (Å²) in [7, 11) is 0. The van der Waals surface area contributed by atoms with Gasteiger partial charge in [-0.2, -0.15) is 0 Å². The third-order valence-electron chi connectivity index (χ3n) is 1.78. The van der Waals surface area contributed by atoms with Crippen LogP contribution in [0.25, 0.3) is 0 Å². The van der Waals surface area contributed by atoms with E-state index in [1.54, 1.807) is 12.4 Å². The van der Waals surface area contributed by atoms with E-state index >= 15 is 0 Å². The van der Waals surface area contributed by atoms with Gasteiger partial charge in [0.05, 0.1) is 6.10 Å². The van der Waals surface area contributed by atoms with Crippen molar-refractivity contribution in [3.05, 3.63) is 18.0 Å². The summed E-state index contributed by atoms with van der Waals surface area (Å²) >= 11 is 0. The third-order valence-corrected chi connectivity index (χ3v) is 1.78. The quantitative estimate of drug-likeness (QED) is 0.775. The fourth-order valence-corrected chi connectivity index (χ4v) is 1.06. The van der Waals surface area contributed by atoms with E-state index in [9.17, 15) is 0 Å². The molecule has 78 valence electrons. The number of nitrogens with one attached hydrogen (secondary N) is 1. The summed E-state index contributed by atoms with van der Waals surface area (Å²) in [4.78, 5) is 8.27. The Morgan fingerprint density at radius 3 is 2.64 bits per heavy atom. The average Bonchev–Trinajstić information content (AvgIpc) is 2.17. The summed E-state index contributed by atoms with van der Waals surface area (Å²) in [6.45, 7) is 7.44. The SMILES string of the molecule is CCOC(C)CNc1ncc(C)cn1. The monoisotopic (exact) mass is 195 g/mol. The number of hydrogen-bond donors (Lipinski definition) is 1. The van der Waals surface area contributed by atoms with Crippen molar-refractivity contribution in [1.82, 2.24) is 9.97 Å². The zero-order valence-electron chi connectivity index (χ0n) is 8.95. The van der Waals surface area contributed by atoms with Crippen molar-refractivity contribution in [2.45, 2.75) is 26.9 Å². The van der Waals surface area contributed by atoms with Crippen LogP contribution in [-0.2, 0) is 4.74 Å². The van der Waals surface area contributed by atoms with Gasteiger partial charge in [-0.3, -0.25) is 0 Å². The fraction of sp³-hybridized carbons (Fsp3) is 0.600. The molecule has 0 saturated carbocycles. The maximum Gasteiger partial charge on any atom is 0.222 e. The molecule has 0 spiro atoms. The molecule has 0 amide bonds. The molecule has 1 heterocycles. The Morgan fingerprint density at radius 1 is 1.43 bits per heavy atom. The van der Waals surface area contributed by atoms with Crippen LogP contribution in [-0.4, -0.2) is 29.2 Å². The van der Waals surface area contributed by atoms with Crippen LogP contribution in [0.15, 0.2) is 12.4 Å². The molecule has 0 aromatic carbocycles. The molecule has 0 saturated heterocycles. The minimum Gasteiger partial charge on any atom is -0.377 e. The lowest BCUT2D eigenvalue weighted by Crippen LogP contribution is -2.20. The van der Waals surface area contributed by atoms with Crippen LogP contribution in [0.1, 0.15) is 19.4 Å². The molecule has 0 radical (unpaired) electrons. The molecular weight excluding hydrogens is 178 g/mol. The van der Waals surface area contributed by atoms with Crippen molar-refractivity contribution in [2.75, 3.05) is 18.5 Å². The Balaban J connectivity index is 2.34. The molecule has 1 rings (SSSR count). The van der Waals surface area contributed by atoms with Crippen molar-refractivity contribution in [1.29, 1.82) is 0 Å². The van der Waals surface area contributed by atoms with Crippen LogP contribution in [0.5, 0.6) is 0 Å². The van der Waals surface area contributed by atoms with Gasteiger partial charge in [0.2, 0.25) is 5.95 Å². The number of rotatable bonds is 5. The molecule has 4 nitrogen and oxygen atoms in total. The van der Waals surface area contributed by atoms with Gasteiger partial charge in [0.25, 0.3) is 0 Å². The highest BCUT2D eigenvalue weighted by Crippen LogP contribution is 1.99. The van der Waals surface area contributed by atoms with Crippen LogP contribution in [0.3, 0.4) is 0 Å². The van der Waals surface area contributed by atoms with Crippen molar-refractivity contribution < 1.29 is 4.74 Å². The molecule has 1 unspecified atom stereocenters. The Kier molecular flexibility index (Phi) is 4.32. The average molecular weight is 195 g/mol. The van der Waals surface area contributed by atoms with Gasteiger partial charge in [-0.25, -0.2) is 9.97 Å². The van der Waals surface area contributed by atoms with Gasteiger partial charge in [-0.05, 0) is 26.3 Å². The Bertz CT molecular complexity index is 261. The first-order chi connectivity index (χ1) is 6.72. The Hall–Kier alpha value is -1.16. The van der Waals surface area contributed by atoms with E-state index in [1.807, 2.05) is 20.8 Å². The van der Waals surface area contributed by atoms with Crippen molar-refractivity contribution in [2.24, 2.45) is 0 Å². The van der Waals surface area contributed by atoms with Gasteiger partial charge in [0, 0.05) is 25.5 Å². The van der Waals surface area contributed by atoms with Gasteiger partial charge in [-0.1, -0.05) is 0 Å². The highest BCUT2D eigenvalue weighted by molar-refractivity contribution is 5.24. The minimum absolute atomic E-state index is 0.185. The molecule has 0 aliphatic heterocycles. The number of aromatic nitrogens is 2.